The molecule has 1 aromatic rings. The fraction of sp³-hybridized carbons (Fsp3) is 0.700. The summed E-state index contributed by atoms with van der Waals surface area (Å²) in [7, 11) is 0. The first kappa shape index (κ1) is 10.0. The van der Waals surface area contributed by atoms with Crippen molar-refractivity contribution in [2.75, 3.05) is 5.73 Å². The van der Waals surface area contributed by atoms with E-state index in [-0.39, 0.29) is 0 Å². The first-order valence-electron chi connectivity index (χ1n) is 5.24. The fourth-order valence-corrected chi connectivity index (χ4v) is 2.43. The molecular formula is C10H16BrN3. The van der Waals surface area contributed by atoms with E-state index in [1.165, 1.54) is 32.1 Å². The highest BCUT2D eigenvalue weighted by molar-refractivity contribution is 9.10. The Bertz CT molecular complexity index is 302. The van der Waals surface area contributed by atoms with E-state index < -0.39 is 0 Å². The third-order valence-electron chi connectivity index (χ3n) is 2.99. The van der Waals surface area contributed by atoms with Gasteiger partial charge in [0.1, 0.15) is 5.82 Å². The molecule has 0 radical (unpaired) electrons. The molecule has 14 heavy (non-hydrogen) atoms. The van der Waals surface area contributed by atoms with Gasteiger partial charge in [0, 0.05) is 6.54 Å². The minimum absolute atomic E-state index is 0.760. The van der Waals surface area contributed by atoms with E-state index in [2.05, 4.69) is 21.0 Å². The van der Waals surface area contributed by atoms with Gasteiger partial charge in [-0.25, -0.2) is 4.68 Å². The van der Waals surface area contributed by atoms with Gasteiger partial charge in [-0.1, -0.05) is 19.3 Å². The lowest BCUT2D eigenvalue weighted by Gasteiger charge is -2.21. The fourth-order valence-electron chi connectivity index (χ4n) is 2.13. The second-order valence-electron chi connectivity index (χ2n) is 4.06. The average molecular weight is 258 g/mol. The van der Waals surface area contributed by atoms with Crippen molar-refractivity contribution in [3.63, 3.8) is 0 Å². The smallest absolute Gasteiger partial charge is 0.136 e. The number of hydrogen-bond acceptors (Lipinski definition) is 2. The minimum Gasteiger partial charge on any atom is -0.383 e. The maximum absolute atomic E-state index is 5.87. The molecule has 0 aliphatic heterocycles. The van der Waals surface area contributed by atoms with Crippen molar-refractivity contribution in [1.82, 2.24) is 9.78 Å². The topological polar surface area (TPSA) is 43.8 Å². The summed E-state index contributed by atoms with van der Waals surface area (Å²) >= 11 is 3.37. The molecule has 0 bridgehead atoms. The summed E-state index contributed by atoms with van der Waals surface area (Å²) in [6.07, 6.45) is 8.57. The van der Waals surface area contributed by atoms with Crippen LogP contribution in [-0.2, 0) is 6.54 Å². The highest BCUT2D eigenvalue weighted by Gasteiger charge is 2.15. The van der Waals surface area contributed by atoms with Crippen LogP contribution >= 0.6 is 15.9 Å². The second kappa shape index (κ2) is 4.34. The summed E-state index contributed by atoms with van der Waals surface area (Å²) < 4.78 is 2.83. The van der Waals surface area contributed by atoms with E-state index >= 15 is 0 Å². The zero-order valence-electron chi connectivity index (χ0n) is 8.25. The molecule has 1 fully saturated rings. The molecule has 0 spiro atoms. The Labute approximate surface area is 92.8 Å². The Hall–Kier alpha value is -0.510. The van der Waals surface area contributed by atoms with Crippen molar-refractivity contribution in [2.24, 2.45) is 5.92 Å². The Morgan fingerprint density at radius 1 is 1.43 bits per heavy atom. The normalized spacial score (nSPS) is 18.6. The number of halogens is 1. The zero-order chi connectivity index (χ0) is 9.97. The van der Waals surface area contributed by atoms with E-state index in [1.54, 1.807) is 6.20 Å². The Kier molecular flexibility index (Phi) is 3.11. The van der Waals surface area contributed by atoms with Crippen LogP contribution in [0.25, 0.3) is 0 Å². The number of hydrogen-bond donors (Lipinski definition) is 1. The monoisotopic (exact) mass is 257 g/mol. The summed E-state index contributed by atoms with van der Waals surface area (Å²) in [6, 6.07) is 0. The van der Waals surface area contributed by atoms with Crippen LogP contribution in [0.3, 0.4) is 0 Å². The van der Waals surface area contributed by atoms with Crippen molar-refractivity contribution in [2.45, 2.75) is 38.6 Å². The van der Waals surface area contributed by atoms with Crippen molar-refractivity contribution in [1.29, 1.82) is 0 Å². The predicted molar refractivity (Wildman–Crippen MR) is 60.9 cm³/mol. The van der Waals surface area contributed by atoms with Crippen LogP contribution in [0.1, 0.15) is 32.1 Å². The largest absolute Gasteiger partial charge is 0.383 e. The van der Waals surface area contributed by atoms with Crippen molar-refractivity contribution in [3.8, 4) is 0 Å². The summed E-state index contributed by atoms with van der Waals surface area (Å²) in [5, 5.41) is 4.25. The van der Waals surface area contributed by atoms with Crippen LogP contribution in [0.4, 0.5) is 5.82 Å². The van der Waals surface area contributed by atoms with Gasteiger partial charge in [0.25, 0.3) is 0 Å². The van der Waals surface area contributed by atoms with E-state index in [0.717, 1.165) is 22.8 Å². The number of nitrogen functional groups attached to an aromatic ring is 1. The third-order valence-corrected chi connectivity index (χ3v) is 3.60. The van der Waals surface area contributed by atoms with Crippen LogP contribution in [-0.4, -0.2) is 9.78 Å². The molecule has 78 valence electrons. The third kappa shape index (κ3) is 2.11. The quantitative estimate of drug-likeness (QED) is 0.886. The van der Waals surface area contributed by atoms with E-state index in [1.807, 2.05) is 4.68 Å². The summed E-state index contributed by atoms with van der Waals surface area (Å²) in [5.74, 6) is 1.54. The highest BCUT2D eigenvalue weighted by atomic mass is 79.9. The molecule has 1 aromatic heterocycles. The van der Waals surface area contributed by atoms with Gasteiger partial charge in [-0.2, -0.15) is 5.10 Å². The number of anilines is 1. The van der Waals surface area contributed by atoms with Gasteiger partial charge in [0.15, 0.2) is 0 Å². The average Bonchev–Trinajstić information content (AvgIpc) is 2.52. The van der Waals surface area contributed by atoms with E-state index in [0.29, 0.717) is 0 Å². The first-order chi connectivity index (χ1) is 6.77. The highest BCUT2D eigenvalue weighted by Crippen LogP contribution is 2.27. The Morgan fingerprint density at radius 2 is 2.14 bits per heavy atom. The van der Waals surface area contributed by atoms with Gasteiger partial charge >= 0.3 is 0 Å². The van der Waals surface area contributed by atoms with Gasteiger partial charge < -0.3 is 5.73 Å². The standard InChI is InChI=1S/C10H16BrN3/c11-9-6-13-14(10(9)12)7-8-4-2-1-3-5-8/h6,8H,1-5,7,12H2. The summed E-state index contributed by atoms with van der Waals surface area (Å²) in [6.45, 7) is 0.984. The first-order valence-corrected chi connectivity index (χ1v) is 6.03. The van der Waals surface area contributed by atoms with Crippen LogP contribution in [0.15, 0.2) is 10.7 Å². The predicted octanol–water partition coefficient (Wildman–Crippen LogP) is 2.81. The molecule has 0 saturated heterocycles. The van der Waals surface area contributed by atoms with E-state index in [4.69, 9.17) is 5.73 Å². The van der Waals surface area contributed by atoms with Gasteiger partial charge in [-0.05, 0) is 34.7 Å². The Balaban J connectivity index is 1.99. The molecule has 1 aliphatic rings. The Morgan fingerprint density at radius 3 is 2.71 bits per heavy atom. The molecule has 1 aliphatic carbocycles. The van der Waals surface area contributed by atoms with Crippen LogP contribution in [0, 0.1) is 5.92 Å². The number of nitrogens with zero attached hydrogens (tertiary/aromatic N) is 2. The summed E-state index contributed by atoms with van der Waals surface area (Å²) in [4.78, 5) is 0. The van der Waals surface area contributed by atoms with Crippen molar-refractivity contribution < 1.29 is 0 Å². The molecule has 0 amide bonds. The van der Waals surface area contributed by atoms with Crippen LogP contribution < -0.4 is 5.73 Å². The molecule has 3 nitrogen and oxygen atoms in total. The number of rotatable bonds is 2. The van der Waals surface area contributed by atoms with Crippen LogP contribution in [0.2, 0.25) is 0 Å². The van der Waals surface area contributed by atoms with Crippen LogP contribution in [0.5, 0.6) is 0 Å². The number of aromatic nitrogens is 2. The SMILES string of the molecule is Nc1c(Br)cnn1CC1CCCCC1. The maximum Gasteiger partial charge on any atom is 0.136 e. The minimum atomic E-state index is 0.760. The lowest BCUT2D eigenvalue weighted by Crippen LogP contribution is -2.16. The van der Waals surface area contributed by atoms with Gasteiger partial charge in [0.2, 0.25) is 0 Å². The molecule has 2 rings (SSSR count). The molecule has 0 unspecified atom stereocenters. The molecule has 1 saturated carbocycles. The van der Waals surface area contributed by atoms with Gasteiger partial charge in [-0.3, -0.25) is 0 Å². The maximum atomic E-state index is 5.87. The lowest BCUT2D eigenvalue weighted by atomic mass is 9.89. The van der Waals surface area contributed by atoms with E-state index in [9.17, 15) is 0 Å². The lowest BCUT2D eigenvalue weighted by molar-refractivity contribution is 0.310. The molecule has 4 heteroatoms. The molecule has 0 aromatic carbocycles. The number of nitrogens with two attached hydrogens (primary N) is 1. The second-order valence-corrected chi connectivity index (χ2v) is 4.92. The zero-order valence-corrected chi connectivity index (χ0v) is 9.83. The van der Waals surface area contributed by atoms with Gasteiger partial charge in [0.05, 0.1) is 10.7 Å². The molecule has 1 heterocycles. The summed E-state index contributed by atoms with van der Waals surface area (Å²) in [5.41, 5.74) is 5.87. The van der Waals surface area contributed by atoms with Crippen molar-refractivity contribution in [3.05, 3.63) is 10.7 Å². The molecular weight excluding hydrogens is 242 g/mol. The van der Waals surface area contributed by atoms with Crippen molar-refractivity contribution >= 4 is 21.7 Å². The molecule has 0 atom stereocenters. The molecule has 2 N–H and O–H groups in total. The van der Waals surface area contributed by atoms with Gasteiger partial charge in [-0.15, -0.1) is 0 Å².